The smallest absolute Gasteiger partial charge is 0.336 e. The number of thioether (sulfide) groups is 1. The quantitative estimate of drug-likeness (QED) is 0.229. The summed E-state index contributed by atoms with van der Waals surface area (Å²) in [6.07, 6.45) is 3.25. The summed E-state index contributed by atoms with van der Waals surface area (Å²) in [5.74, 6) is -1.55. The number of fused-ring (bicyclic) bond motifs is 1. The van der Waals surface area contributed by atoms with Gasteiger partial charge in [0.2, 0.25) is 0 Å². The number of hydrogen-bond donors (Lipinski definition) is 2. The Morgan fingerprint density at radius 2 is 2.11 bits per heavy atom. The molecule has 1 aromatic carbocycles. The number of carbonyl (C=O) groups is 3. The number of hydrogen-bond acceptors (Lipinski definition) is 10. The zero-order valence-corrected chi connectivity index (χ0v) is 20.9. The van der Waals surface area contributed by atoms with Gasteiger partial charge in [0, 0.05) is 17.3 Å². The second kappa shape index (κ2) is 10.9. The predicted molar refractivity (Wildman–Crippen MR) is 134 cm³/mol. The van der Waals surface area contributed by atoms with Crippen LogP contribution in [0.1, 0.15) is 18.2 Å². The first-order valence-corrected chi connectivity index (χ1v) is 12.6. The first kappa shape index (κ1) is 25.4. The lowest BCUT2D eigenvalue weighted by molar-refractivity contribution is -0.144. The van der Waals surface area contributed by atoms with Crippen molar-refractivity contribution in [2.24, 2.45) is 5.16 Å². The fourth-order valence-corrected chi connectivity index (χ4v) is 5.28. The summed E-state index contributed by atoms with van der Waals surface area (Å²) in [4.78, 5) is 48.1. The number of benzene rings is 1. The number of oxime groups is 1. The zero-order valence-electron chi connectivity index (χ0n) is 19.3. The Morgan fingerprint density at radius 1 is 1.36 bits per heavy atom. The number of thiazole rings is 1. The van der Waals surface area contributed by atoms with Crippen molar-refractivity contribution in [1.82, 2.24) is 15.2 Å². The number of nitrogens with zero attached hydrogens (tertiary/aromatic N) is 3. The Hall–Kier alpha value is -3.71. The van der Waals surface area contributed by atoms with Crippen LogP contribution in [-0.4, -0.2) is 64.3 Å². The van der Waals surface area contributed by atoms with Crippen molar-refractivity contribution in [2.45, 2.75) is 18.3 Å². The molecule has 10 nitrogen and oxygen atoms in total. The van der Waals surface area contributed by atoms with E-state index in [9.17, 15) is 18.8 Å². The average Bonchev–Trinajstić information content (AvgIpc) is 3.30. The van der Waals surface area contributed by atoms with Crippen LogP contribution in [0.25, 0.3) is 6.08 Å². The fraction of sp³-hybridized carbons (Fsp3) is 0.261. The first-order valence-electron chi connectivity index (χ1n) is 10.6. The Labute approximate surface area is 214 Å². The number of nitrogens with one attached hydrogen (secondary N) is 1. The first-order chi connectivity index (χ1) is 17.3. The summed E-state index contributed by atoms with van der Waals surface area (Å²) in [6, 6.07) is 5.16. The molecular weight excluding hydrogens is 509 g/mol. The van der Waals surface area contributed by atoms with Gasteiger partial charge in [-0.2, -0.15) is 0 Å². The molecule has 0 spiro atoms. The van der Waals surface area contributed by atoms with Crippen molar-refractivity contribution >= 4 is 57.8 Å². The molecule has 2 atom stereocenters. The van der Waals surface area contributed by atoms with E-state index in [-0.39, 0.29) is 40.2 Å². The van der Waals surface area contributed by atoms with Crippen LogP contribution in [0.15, 0.2) is 52.1 Å². The molecule has 3 N–H and O–H groups in total. The average molecular weight is 532 g/mol. The molecule has 36 heavy (non-hydrogen) atoms. The van der Waals surface area contributed by atoms with E-state index in [0.29, 0.717) is 11.3 Å². The molecule has 4 rings (SSSR count). The van der Waals surface area contributed by atoms with E-state index >= 15 is 0 Å². The lowest BCUT2D eigenvalue weighted by Crippen LogP contribution is -2.69. The van der Waals surface area contributed by atoms with Gasteiger partial charge in [0.05, 0.1) is 5.57 Å². The van der Waals surface area contributed by atoms with Gasteiger partial charge in [0.25, 0.3) is 11.8 Å². The van der Waals surface area contributed by atoms with Crippen LogP contribution < -0.4 is 11.1 Å². The summed E-state index contributed by atoms with van der Waals surface area (Å²) in [5, 5.41) is 7.83. The third-order valence-corrected chi connectivity index (χ3v) is 7.20. The van der Waals surface area contributed by atoms with Gasteiger partial charge in [-0.1, -0.05) is 23.4 Å². The van der Waals surface area contributed by atoms with Crippen LogP contribution in [0.4, 0.5) is 9.52 Å². The van der Waals surface area contributed by atoms with E-state index in [1.54, 1.807) is 30.5 Å². The van der Waals surface area contributed by atoms with E-state index in [1.165, 1.54) is 42.1 Å². The molecule has 0 aliphatic carbocycles. The highest BCUT2D eigenvalue weighted by atomic mass is 32.2. The fourth-order valence-electron chi connectivity index (χ4n) is 3.48. The molecule has 0 bridgehead atoms. The monoisotopic (exact) mass is 531 g/mol. The van der Waals surface area contributed by atoms with Crippen LogP contribution in [0, 0.1) is 5.82 Å². The third-order valence-electron chi connectivity index (χ3n) is 5.21. The topological polar surface area (TPSA) is 136 Å². The lowest BCUT2D eigenvalue weighted by Gasteiger charge is -2.47. The second-order valence-electron chi connectivity index (χ2n) is 7.86. The Balaban J connectivity index is 1.34. The number of anilines is 1. The van der Waals surface area contributed by atoms with Gasteiger partial charge in [-0.05, 0) is 30.2 Å². The number of nitrogens with two attached hydrogens (primary N) is 1. The number of rotatable bonds is 8. The van der Waals surface area contributed by atoms with Gasteiger partial charge < -0.3 is 25.5 Å². The molecule has 2 aliphatic rings. The maximum absolute atomic E-state index is 13.0. The number of amides is 2. The van der Waals surface area contributed by atoms with Gasteiger partial charge in [-0.25, -0.2) is 14.2 Å². The van der Waals surface area contributed by atoms with Crippen LogP contribution in [0.2, 0.25) is 0 Å². The van der Waals surface area contributed by atoms with Crippen molar-refractivity contribution in [3.8, 4) is 0 Å². The maximum Gasteiger partial charge on any atom is 0.336 e. The minimum Gasteiger partial charge on any atom is -0.458 e. The number of halogens is 1. The van der Waals surface area contributed by atoms with Gasteiger partial charge in [0.1, 0.15) is 36.6 Å². The molecule has 13 heteroatoms. The molecule has 0 saturated carbocycles. The van der Waals surface area contributed by atoms with Crippen molar-refractivity contribution in [1.29, 1.82) is 0 Å². The number of ether oxygens (including phenoxy) is 1. The SMILES string of the molecule is CON=C(C(=O)NC1C(=O)N2C=C(C(=O)OCC(C)=Cc3ccc(F)cc3)CS[C@H]12)c1csc(N)n1. The van der Waals surface area contributed by atoms with Gasteiger partial charge in [-0.3, -0.25) is 9.59 Å². The molecule has 3 heterocycles. The number of carbonyl (C=O) groups excluding carboxylic acids is 3. The van der Waals surface area contributed by atoms with Crippen LogP contribution >= 0.6 is 23.1 Å². The Morgan fingerprint density at radius 3 is 2.78 bits per heavy atom. The third kappa shape index (κ3) is 5.57. The van der Waals surface area contributed by atoms with Gasteiger partial charge in [-0.15, -0.1) is 23.1 Å². The summed E-state index contributed by atoms with van der Waals surface area (Å²) < 4.78 is 18.4. The highest BCUT2D eigenvalue weighted by molar-refractivity contribution is 8.00. The summed E-state index contributed by atoms with van der Waals surface area (Å²) in [7, 11) is 1.29. The minimum atomic E-state index is -0.796. The molecule has 1 fully saturated rings. The highest BCUT2D eigenvalue weighted by Gasteiger charge is 2.50. The Kier molecular flexibility index (Phi) is 7.70. The number of aromatic nitrogens is 1. The summed E-state index contributed by atoms with van der Waals surface area (Å²) in [5.41, 5.74) is 7.68. The van der Waals surface area contributed by atoms with Crippen LogP contribution in [0.3, 0.4) is 0 Å². The molecule has 188 valence electrons. The molecule has 1 saturated heterocycles. The van der Waals surface area contributed by atoms with E-state index in [4.69, 9.17) is 15.3 Å². The summed E-state index contributed by atoms with van der Waals surface area (Å²) in [6.45, 7) is 1.85. The second-order valence-corrected chi connectivity index (χ2v) is 9.86. The van der Waals surface area contributed by atoms with Crippen molar-refractivity contribution in [2.75, 3.05) is 25.2 Å². The molecule has 2 aromatic rings. The molecule has 2 amide bonds. The van der Waals surface area contributed by atoms with Gasteiger partial charge >= 0.3 is 5.97 Å². The molecule has 0 radical (unpaired) electrons. The predicted octanol–water partition coefficient (Wildman–Crippen LogP) is 2.15. The normalized spacial score (nSPS) is 19.7. The highest BCUT2D eigenvalue weighted by Crippen LogP contribution is 2.36. The minimum absolute atomic E-state index is 0.0526. The van der Waals surface area contributed by atoms with Crippen molar-refractivity contribution in [3.05, 3.63) is 64.1 Å². The Bertz CT molecular complexity index is 1270. The molecule has 2 aliphatic heterocycles. The standard InChI is InChI=1S/C23H22FN5O5S2/c1-12(7-13-3-5-15(24)6-4-13)9-34-22(32)14-8-29-20(31)18(21(29)35-10-14)27-19(30)17(28-33-2)16-11-36-23(25)26-16/h3-8,11,18,21H,9-10H2,1-2H3,(H2,25,26)(H,27,30)/t18?,21-/m1/s1. The summed E-state index contributed by atoms with van der Waals surface area (Å²) >= 11 is 2.48. The number of β-lactam (4-membered cyclic amide) rings is 1. The molecule has 1 aromatic heterocycles. The van der Waals surface area contributed by atoms with Crippen molar-refractivity contribution in [3.63, 3.8) is 0 Å². The van der Waals surface area contributed by atoms with Gasteiger partial charge in [0.15, 0.2) is 10.8 Å². The van der Waals surface area contributed by atoms with E-state index < -0.39 is 17.9 Å². The number of esters is 1. The van der Waals surface area contributed by atoms with Crippen LogP contribution in [0.5, 0.6) is 0 Å². The lowest BCUT2D eigenvalue weighted by atomic mass is 10.1. The number of nitrogen functional groups attached to an aromatic ring is 1. The van der Waals surface area contributed by atoms with Crippen molar-refractivity contribution < 1.29 is 28.3 Å². The van der Waals surface area contributed by atoms with E-state index in [2.05, 4.69) is 15.5 Å². The van der Waals surface area contributed by atoms with E-state index in [1.807, 2.05) is 0 Å². The van der Waals surface area contributed by atoms with Crippen LogP contribution in [-0.2, 0) is 24.0 Å². The van der Waals surface area contributed by atoms with E-state index in [0.717, 1.165) is 22.5 Å². The largest absolute Gasteiger partial charge is 0.458 e. The maximum atomic E-state index is 13.0. The molecule has 1 unspecified atom stereocenters. The zero-order chi connectivity index (χ0) is 25.8. The molecular formula is C23H22FN5O5S2.